The molecule has 1 aromatic heterocycles. The van der Waals surface area contributed by atoms with Crippen LogP contribution in [0.4, 0.5) is 4.39 Å². The molecule has 0 spiro atoms. The van der Waals surface area contributed by atoms with Gasteiger partial charge >= 0.3 is 0 Å². The molecule has 1 fully saturated rings. The Bertz CT molecular complexity index is 914. The van der Waals surface area contributed by atoms with Gasteiger partial charge in [-0.2, -0.15) is 0 Å². The number of nitrogens with zero attached hydrogens (tertiary/aromatic N) is 3. The average molecular weight is 454 g/mol. The first kappa shape index (κ1) is 21.4. The van der Waals surface area contributed by atoms with E-state index in [4.69, 9.17) is 15.2 Å². The number of amidine groups is 1. The van der Waals surface area contributed by atoms with Crippen LogP contribution in [-0.2, 0) is 4.74 Å². The Morgan fingerprint density at radius 2 is 2.23 bits per heavy atom. The van der Waals surface area contributed by atoms with Crippen LogP contribution in [0.2, 0.25) is 0 Å². The molecule has 3 aliphatic rings. The zero-order chi connectivity index (χ0) is 21.6. The number of fused-ring (bicyclic) bond motifs is 1. The second-order valence-electron chi connectivity index (χ2n) is 7.96. The predicted octanol–water partition coefficient (Wildman–Crippen LogP) is 2.27. The van der Waals surface area contributed by atoms with Crippen molar-refractivity contribution in [2.24, 2.45) is 10.7 Å². The van der Waals surface area contributed by atoms with E-state index < -0.39 is 16.0 Å². The molecule has 3 N–H and O–H groups in total. The third-order valence-corrected chi connectivity index (χ3v) is 8.28. The lowest BCUT2D eigenvalue weighted by atomic mass is 9.68. The van der Waals surface area contributed by atoms with Gasteiger partial charge in [0, 0.05) is 24.3 Å². The number of alkyl halides is 1. The number of amides is 1. The van der Waals surface area contributed by atoms with Gasteiger partial charge < -0.3 is 20.5 Å². The number of aromatic nitrogens is 2. The fourth-order valence-corrected chi connectivity index (χ4v) is 6.47. The van der Waals surface area contributed by atoms with E-state index in [1.165, 1.54) is 43.0 Å². The van der Waals surface area contributed by atoms with Crippen LogP contribution in [0.15, 0.2) is 28.5 Å². The van der Waals surface area contributed by atoms with Gasteiger partial charge in [-0.3, -0.25) is 4.79 Å². The fraction of sp³-hybridized carbons (Fsp3) is 0.579. The van der Waals surface area contributed by atoms with Gasteiger partial charge in [0.15, 0.2) is 10.8 Å². The Morgan fingerprint density at radius 3 is 2.93 bits per heavy atom. The zero-order valence-corrected chi connectivity index (χ0v) is 18.6. The molecule has 1 saturated heterocycles. The highest BCUT2D eigenvalue weighted by Gasteiger charge is 2.67. The summed E-state index contributed by atoms with van der Waals surface area (Å²) < 4.78 is 26.5. The van der Waals surface area contributed by atoms with Crippen molar-refractivity contribution in [1.82, 2.24) is 15.3 Å². The van der Waals surface area contributed by atoms with Crippen molar-refractivity contribution in [2.75, 3.05) is 19.5 Å². The summed E-state index contributed by atoms with van der Waals surface area (Å²) in [5, 5.41) is 5.07. The number of rotatable bonds is 4. The summed E-state index contributed by atoms with van der Waals surface area (Å²) in [6, 6.07) is 0. The quantitative estimate of drug-likeness (QED) is 0.714. The van der Waals surface area contributed by atoms with Crippen LogP contribution in [0.3, 0.4) is 0 Å². The molecule has 1 aromatic rings. The second kappa shape index (κ2) is 7.69. The number of nitrogens with two attached hydrogens (primary N) is 1. The molecule has 4 rings (SSSR count). The lowest BCUT2D eigenvalue weighted by Crippen LogP contribution is -2.70. The first-order chi connectivity index (χ1) is 14.2. The van der Waals surface area contributed by atoms with Crippen molar-refractivity contribution in [2.45, 2.75) is 48.7 Å². The van der Waals surface area contributed by atoms with E-state index >= 15 is 4.39 Å². The summed E-state index contributed by atoms with van der Waals surface area (Å²) in [6.07, 6.45) is 3.22. The smallest absolute Gasteiger partial charge is 0.275 e. The largest absolute Gasteiger partial charge is 0.480 e. The van der Waals surface area contributed by atoms with Gasteiger partial charge in [-0.1, -0.05) is 11.8 Å². The maximum atomic E-state index is 16.3. The van der Waals surface area contributed by atoms with Crippen molar-refractivity contribution in [3.8, 4) is 5.88 Å². The van der Waals surface area contributed by atoms with E-state index in [1.54, 1.807) is 0 Å². The maximum Gasteiger partial charge on any atom is 0.275 e. The fourth-order valence-electron chi connectivity index (χ4n) is 4.25. The molecule has 11 heteroatoms. The Labute approximate surface area is 182 Å². The molecule has 30 heavy (non-hydrogen) atoms. The number of carbonyl (C=O) groups excluding carboxylic acids is 1. The van der Waals surface area contributed by atoms with Crippen molar-refractivity contribution in [3.63, 3.8) is 0 Å². The summed E-state index contributed by atoms with van der Waals surface area (Å²) in [7, 11) is 1.48. The molecule has 1 unspecified atom stereocenters. The van der Waals surface area contributed by atoms with Crippen LogP contribution in [0, 0.1) is 0 Å². The zero-order valence-electron chi connectivity index (χ0n) is 17.0. The van der Waals surface area contributed by atoms with E-state index in [1.807, 2.05) is 19.3 Å². The van der Waals surface area contributed by atoms with Crippen molar-refractivity contribution < 1.29 is 18.7 Å². The number of nitrogens with one attached hydrogen (secondary N) is 1. The summed E-state index contributed by atoms with van der Waals surface area (Å²) >= 11 is 2.70. The van der Waals surface area contributed by atoms with Gasteiger partial charge in [-0.25, -0.2) is 19.4 Å². The lowest BCUT2D eigenvalue weighted by molar-refractivity contribution is -0.114. The van der Waals surface area contributed by atoms with Crippen LogP contribution in [-0.4, -0.2) is 62.6 Å². The molecule has 4 atom stereocenters. The molecule has 0 aromatic carbocycles. The minimum Gasteiger partial charge on any atom is -0.480 e. The summed E-state index contributed by atoms with van der Waals surface area (Å²) in [5.74, 6) is 0.182. The molecule has 8 nitrogen and oxygen atoms in total. The first-order valence-electron chi connectivity index (χ1n) is 9.53. The van der Waals surface area contributed by atoms with E-state index in [0.29, 0.717) is 23.2 Å². The van der Waals surface area contributed by atoms with Crippen molar-refractivity contribution >= 4 is 34.6 Å². The van der Waals surface area contributed by atoms with Gasteiger partial charge in [0.05, 0.1) is 37.0 Å². The monoisotopic (exact) mass is 453 g/mol. The normalized spacial score (nSPS) is 35.8. The highest BCUT2D eigenvalue weighted by atomic mass is 32.2. The summed E-state index contributed by atoms with van der Waals surface area (Å²) in [5.41, 5.74) is 4.19. The maximum absolute atomic E-state index is 16.3. The number of hydrogen-bond donors (Lipinski definition) is 2. The molecule has 0 saturated carbocycles. The van der Waals surface area contributed by atoms with Gasteiger partial charge in [-0.15, -0.1) is 11.8 Å². The Hall–Kier alpha value is -1.85. The van der Waals surface area contributed by atoms with Crippen LogP contribution in [0.1, 0.15) is 37.2 Å². The van der Waals surface area contributed by atoms with Crippen LogP contribution < -0.4 is 15.8 Å². The van der Waals surface area contributed by atoms with Crippen molar-refractivity contribution in [3.05, 3.63) is 29.2 Å². The van der Waals surface area contributed by atoms with Crippen LogP contribution in [0.25, 0.3) is 0 Å². The first-order valence-corrected chi connectivity index (χ1v) is 11.4. The lowest BCUT2D eigenvalue weighted by Gasteiger charge is -2.56. The van der Waals surface area contributed by atoms with Crippen LogP contribution in [0.5, 0.6) is 5.88 Å². The Morgan fingerprint density at radius 1 is 1.43 bits per heavy atom. The SMILES string of the molecule is COc1cnc(C(=O)NC2=CSC(C)([C@]34CO[C@@H](C)C[C@@]3(F)CSC(N)=N4)C2)cn1. The molecule has 162 valence electrons. The van der Waals surface area contributed by atoms with E-state index in [9.17, 15) is 4.79 Å². The van der Waals surface area contributed by atoms with Gasteiger partial charge in [0.25, 0.3) is 5.91 Å². The summed E-state index contributed by atoms with van der Waals surface area (Å²) in [6.45, 7) is 3.98. The highest BCUT2D eigenvalue weighted by molar-refractivity contribution is 8.13. The van der Waals surface area contributed by atoms with E-state index in [0.717, 1.165) is 0 Å². The average Bonchev–Trinajstić information content (AvgIpc) is 3.10. The molecular formula is C19H24FN5O3S2. The van der Waals surface area contributed by atoms with Crippen LogP contribution >= 0.6 is 23.5 Å². The third kappa shape index (κ3) is 3.46. The number of hydrogen-bond acceptors (Lipinski definition) is 9. The number of thioether (sulfide) groups is 2. The topological polar surface area (TPSA) is 112 Å². The highest BCUT2D eigenvalue weighted by Crippen LogP contribution is 2.58. The molecule has 0 radical (unpaired) electrons. The summed E-state index contributed by atoms with van der Waals surface area (Å²) in [4.78, 5) is 25.3. The Kier molecular flexibility index (Phi) is 5.48. The molecule has 1 amide bonds. The standard InChI is InChI=1S/C19H24FN5O3S2/c1-11-4-18(20)10-29-16(21)25-19(18,9-28-11)17(2)5-12(8-30-17)24-15(26)13-6-23-14(27-3)7-22-13/h6-8,11H,4-5,9-10H2,1-3H3,(H2,21,25)(H,24,26)/t11-,17?,18+,19+/m0/s1. The number of ether oxygens (including phenoxy) is 2. The van der Waals surface area contributed by atoms with Crippen molar-refractivity contribution in [1.29, 1.82) is 0 Å². The molecule has 4 heterocycles. The minimum atomic E-state index is -1.55. The number of carbonyl (C=O) groups is 1. The minimum absolute atomic E-state index is 0.147. The third-order valence-electron chi connectivity index (χ3n) is 5.89. The van der Waals surface area contributed by atoms with E-state index in [2.05, 4.69) is 20.3 Å². The molecular weight excluding hydrogens is 429 g/mol. The predicted molar refractivity (Wildman–Crippen MR) is 115 cm³/mol. The van der Waals surface area contributed by atoms with E-state index in [-0.39, 0.29) is 36.5 Å². The van der Waals surface area contributed by atoms with Gasteiger partial charge in [0.1, 0.15) is 11.2 Å². The molecule has 0 aliphatic carbocycles. The number of allylic oxidation sites excluding steroid dienone is 1. The Balaban J connectivity index is 1.54. The van der Waals surface area contributed by atoms with Gasteiger partial charge in [-0.05, 0) is 19.3 Å². The number of aliphatic imine (C=N–C) groups is 1. The number of methoxy groups -OCH3 is 1. The van der Waals surface area contributed by atoms with Gasteiger partial charge in [0.2, 0.25) is 5.88 Å². The second-order valence-corrected chi connectivity index (χ2v) is 10.3. The molecule has 0 bridgehead atoms. The molecule has 3 aliphatic heterocycles. The number of halogens is 1.